The number of hydrogen-bond acceptors (Lipinski definition) is 4. The highest BCUT2D eigenvalue weighted by Gasteiger charge is 2.21. The monoisotopic (exact) mass is 419 g/mol. The van der Waals surface area contributed by atoms with E-state index >= 15 is 0 Å². The Bertz CT molecular complexity index is 980. The number of carbonyl (C=O) groups excluding carboxylic acids is 2. The predicted molar refractivity (Wildman–Crippen MR) is 123 cm³/mol. The lowest BCUT2D eigenvalue weighted by Crippen LogP contribution is -2.43. The molecule has 0 radical (unpaired) electrons. The number of carbonyl (C=O) groups is 2. The van der Waals surface area contributed by atoms with Gasteiger partial charge in [0.1, 0.15) is 0 Å². The summed E-state index contributed by atoms with van der Waals surface area (Å²) in [7, 11) is 1.76. The highest BCUT2D eigenvalue weighted by Crippen LogP contribution is 2.33. The highest BCUT2D eigenvalue weighted by molar-refractivity contribution is 7.99. The SMILES string of the molecule is CC(C(=O)Nc1ccccc1Sc1ccccc1)N(C)CC(=O)Nc1ccccc1. The van der Waals surface area contributed by atoms with Crippen LogP contribution in [-0.4, -0.2) is 36.3 Å². The summed E-state index contributed by atoms with van der Waals surface area (Å²) in [6.07, 6.45) is 0. The van der Waals surface area contributed by atoms with E-state index in [1.807, 2.05) is 84.9 Å². The van der Waals surface area contributed by atoms with Crippen LogP contribution in [0.3, 0.4) is 0 Å². The van der Waals surface area contributed by atoms with Gasteiger partial charge >= 0.3 is 0 Å². The summed E-state index contributed by atoms with van der Waals surface area (Å²) in [5.74, 6) is -0.325. The molecule has 30 heavy (non-hydrogen) atoms. The molecule has 2 N–H and O–H groups in total. The van der Waals surface area contributed by atoms with Gasteiger partial charge in [-0.05, 0) is 50.4 Å². The zero-order valence-electron chi connectivity index (χ0n) is 17.0. The number of hydrogen-bond donors (Lipinski definition) is 2. The first-order chi connectivity index (χ1) is 14.5. The molecular weight excluding hydrogens is 394 g/mol. The van der Waals surface area contributed by atoms with Crippen LogP contribution in [0.2, 0.25) is 0 Å². The average Bonchev–Trinajstić information content (AvgIpc) is 2.76. The fourth-order valence-electron chi connectivity index (χ4n) is 2.80. The quantitative estimate of drug-likeness (QED) is 0.554. The molecule has 2 amide bonds. The Labute approximate surface area is 181 Å². The van der Waals surface area contributed by atoms with Crippen molar-refractivity contribution < 1.29 is 9.59 Å². The molecule has 5 nitrogen and oxygen atoms in total. The van der Waals surface area contributed by atoms with Crippen molar-refractivity contribution in [3.63, 3.8) is 0 Å². The van der Waals surface area contributed by atoms with Crippen LogP contribution in [0.4, 0.5) is 11.4 Å². The third-order valence-electron chi connectivity index (χ3n) is 4.61. The maximum atomic E-state index is 12.8. The highest BCUT2D eigenvalue weighted by atomic mass is 32.2. The maximum absolute atomic E-state index is 12.8. The molecular formula is C24H25N3O2S. The van der Waals surface area contributed by atoms with Crippen molar-refractivity contribution in [1.82, 2.24) is 4.90 Å². The smallest absolute Gasteiger partial charge is 0.241 e. The minimum Gasteiger partial charge on any atom is -0.325 e. The first-order valence-corrected chi connectivity index (χ1v) is 10.5. The van der Waals surface area contributed by atoms with E-state index in [4.69, 9.17) is 0 Å². The number of rotatable bonds is 8. The van der Waals surface area contributed by atoms with Crippen LogP contribution >= 0.6 is 11.8 Å². The van der Waals surface area contributed by atoms with Crippen molar-refractivity contribution in [1.29, 1.82) is 0 Å². The van der Waals surface area contributed by atoms with Crippen molar-refractivity contribution in [3.05, 3.63) is 84.9 Å². The van der Waals surface area contributed by atoms with E-state index in [1.54, 1.807) is 30.6 Å². The van der Waals surface area contributed by atoms with E-state index < -0.39 is 6.04 Å². The number of anilines is 2. The number of para-hydroxylation sites is 2. The lowest BCUT2D eigenvalue weighted by molar-refractivity contribution is -0.122. The van der Waals surface area contributed by atoms with Gasteiger partial charge < -0.3 is 10.6 Å². The molecule has 0 bridgehead atoms. The number of benzene rings is 3. The Morgan fingerprint density at radius 2 is 1.47 bits per heavy atom. The lowest BCUT2D eigenvalue weighted by Gasteiger charge is -2.23. The standard InChI is InChI=1S/C24H25N3O2S/c1-18(27(2)17-23(28)25-19-11-5-3-6-12-19)24(29)26-21-15-9-10-16-22(21)30-20-13-7-4-8-14-20/h3-16,18H,17H2,1-2H3,(H,25,28)(H,26,29). The summed E-state index contributed by atoms with van der Waals surface area (Å²) < 4.78 is 0. The topological polar surface area (TPSA) is 61.4 Å². The average molecular weight is 420 g/mol. The van der Waals surface area contributed by atoms with Gasteiger partial charge in [-0.3, -0.25) is 14.5 Å². The molecule has 0 aliphatic carbocycles. The molecule has 3 aromatic rings. The van der Waals surface area contributed by atoms with E-state index in [0.29, 0.717) is 0 Å². The fourth-order valence-corrected chi connectivity index (χ4v) is 3.72. The van der Waals surface area contributed by atoms with Gasteiger partial charge in [0.25, 0.3) is 0 Å². The van der Waals surface area contributed by atoms with Crippen molar-refractivity contribution in [2.45, 2.75) is 22.8 Å². The Kier molecular flexibility index (Phi) is 7.65. The number of amides is 2. The van der Waals surface area contributed by atoms with Crippen LogP contribution < -0.4 is 10.6 Å². The number of nitrogens with zero attached hydrogens (tertiary/aromatic N) is 1. The molecule has 1 unspecified atom stereocenters. The Morgan fingerprint density at radius 3 is 2.17 bits per heavy atom. The number of likely N-dealkylation sites (N-methyl/N-ethyl adjacent to an activating group) is 1. The van der Waals surface area contributed by atoms with E-state index in [0.717, 1.165) is 21.2 Å². The molecule has 0 saturated heterocycles. The first kappa shape index (κ1) is 21.6. The second-order valence-corrected chi connectivity index (χ2v) is 8.02. The molecule has 0 spiro atoms. The van der Waals surface area contributed by atoms with E-state index in [-0.39, 0.29) is 18.4 Å². The zero-order valence-corrected chi connectivity index (χ0v) is 17.9. The second kappa shape index (κ2) is 10.6. The van der Waals surface area contributed by atoms with Crippen molar-refractivity contribution in [3.8, 4) is 0 Å². The molecule has 0 saturated carbocycles. The van der Waals surface area contributed by atoms with Gasteiger partial charge in [0.15, 0.2) is 0 Å². The van der Waals surface area contributed by atoms with E-state index in [2.05, 4.69) is 10.6 Å². The van der Waals surface area contributed by atoms with Gasteiger partial charge in [0.05, 0.1) is 18.3 Å². The van der Waals surface area contributed by atoms with Crippen LogP contribution in [0.5, 0.6) is 0 Å². The van der Waals surface area contributed by atoms with Crippen LogP contribution in [0.25, 0.3) is 0 Å². The molecule has 3 rings (SSSR count). The molecule has 3 aromatic carbocycles. The molecule has 0 aliphatic heterocycles. The predicted octanol–water partition coefficient (Wildman–Crippen LogP) is 4.74. The van der Waals surface area contributed by atoms with Gasteiger partial charge in [0.2, 0.25) is 11.8 Å². The Balaban J connectivity index is 1.59. The van der Waals surface area contributed by atoms with Gasteiger partial charge in [0, 0.05) is 15.5 Å². The molecule has 0 aromatic heterocycles. The fraction of sp³-hybridized carbons (Fsp3) is 0.167. The molecule has 6 heteroatoms. The lowest BCUT2D eigenvalue weighted by atomic mass is 10.2. The summed E-state index contributed by atoms with van der Waals surface area (Å²) >= 11 is 1.60. The van der Waals surface area contributed by atoms with Crippen LogP contribution in [0, 0.1) is 0 Å². The van der Waals surface area contributed by atoms with Crippen molar-refractivity contribution >= 4 is 35.0 Å². The minimum absolute atomic E-state index is 0.115. The normalized spacial score (nSPS) is 11.7. The largest absolute Gasteiger partial charge is 0.325 e. The summed E-state index contributed by atoms with van der Waals surface area (Å²) in [6, 6.07) is 26.5. The van der Waals surface area contributed by atoms with Gasteiger partial charge in [-0.25, -0.2) is 0 Å². The summed E-state index contributed by atoms with van der Waals surface area (Å²) in [5.41, 5.74) is 1.49. The van der Waals surface area contributed by atoms with Gasteiger partial charge in [-0.15, -0.1) is 0 Å². The molecule has 0 heterocycles. The molecule has 0 fully saturated rings. The number of nitrogens with one attached hydrogen (secondary N) is 2. The third kappa shape index (κ3) is 6.20. The third-order valence-corrected chi connectivity index (χ3v) is 5.69. The minimum atomic E-state index is -0.471. The maximum Gasteiger partial charge on any atom is 0.241 e. The summed E-state index contributed by atoms with van der Waals surface area (Å²) in [6.45, 7) is 1.90. The van der Waals surface area contributed by atoms with Crippen LogP contribution in [0.15, 0.2) is 94.7 Å². The molecule has 0 aliphatic rings. The van der Waals surface area contributed by atoms with Crippen molar-refractivity contribution in [2.24, 2.45) is 0 Å². The molecule has 154 valence electrons. The molecule has 1 atom stereocenters. The van der Waals surface area contributed by atoms with Gasteiger partial charge in [-0.1, -0.05) is 60.3 Å². The van der Waals surface area contributed by atoms with Crippen molar-refractivity contribution in [2.75, 3.05) is 24.2 Å². The first-order valence-electron chi connectivity index (χ1n) is 9.71. The Hall–Kier alpha value is -3.09. The van der Waals surface area contributed by atoms with E-state index in [9.17, 15) is 9.59 Å². The van der Waals surface area contributed by atoms with E-state index in [1.165, 1.54) is 0 Å². The summed E-state index contributed by atoms with van der Waals surface area (Å²) in [4.78, 5) is 28.9. The van der Waals surface area contributed by atoms with Gasteiger partial charge in [-0.2, -0.15) is 0 Å². The zero-order chi connectivity index (χ0) is 21.3. The Morgan fingerprint density at radius 1 is 0.867 bits per heavy atom. The summed E-state index contributed by atoms with van der Waals surface area (Å²) in [5, 5.41) is 5.84. The second-order valence-electron chi connectivity index (χ2n) is 6.91. The van der Waals surface area contributed by atoms with Crippen LogP contribution in [-0.2, 0) is 9.59 Å². The van der Waals surface area contributed by atoms with Crippen LogP contribution in [0.1, 0.15) is 6.92 Å².